The number of urea groups is 1. The number of ketones is 1. The quantitative estimate of drug-likeness (QED) is 0.396. The van der Waals surface area contributed by atoms with E-state index in [4.69, 9.17) is 22.1 Å². The fourth-order valence-electron chi connectivity index (χ4n) is 4.91. The third kappa shape index (κ3) is 5.55. The zero-order valence-corrected chi connectivity index (χ0v) is 22.0. The largest absolute Gasteiger partial charge is 0.497 e. The van der Waals surface area contributed by atoms with Crippen molar-refractivity contribution in [2.24, 2.45) is 11.7 Å². The molecule has 0 radical (unpaired) electrons. The van der Waals surface area contributed by atoms with Crippen molar-refractivity contribution in [2.75, 3.05) is 13.7 Å². The fraction of sp³-hybridized carbons (Fsp3) is 0.250. The van der Waals surface area contributed by atoms with Crippen LogP contribution in [0, 0.1) is 5.92 Å². The van der Waals surface area contributed by atoms with Gasteiger partial charge in [-0.1, -0.05) is 66.2 Å². The average molecular weight is 538 g/mol. The molecule has 1 fully saturated rings. The number of amides is 3. The third-order valence-corrected chi connectivity index (χ3v) is 7.70. The zero-order chi connectivity index (χ0) is 26.5. The molecule has 0 spiro atoms. The maximum atomic E-state index is 14.1. The van der Waals surface area contributed by atoms with Crippen molar-refractivity contribution >= 4 is 46.7 Å². The van der Waals surface area contributed by atoms with Crippen LogP contribution >= 0.6 is 22.9 Å². The lowest BCUT2D eigenvalue weighted by molar-refractivity contribution is -0.122. The molecule has 1 aromatic heterocycles. The number of methoxy groups -OCH3 is 1. The highest BCUT2D eigenvalue weighted by atomic mass is 35.5. The van der Waals surface area contributed by atoms with Gasteiger partial charge in [0, 0.05) is 12.5 Å². The predicted molar refractivity (Wildman–Crippen MR) is 146 cm³/mol. The first-order valence-corrected chi connectivity index (χ1v) is 13.1. The van der Waals surface area contributed by atoms with Gasteiger partial charge >= 0.3 is 6.03 Å². The van der Waals surface area contributed by atoms with E-state index in [1.165, 1.54) is 16.2 Å². The van der Waals surface area contributed by atoms with Crippen LogP contribution in [-0.2, 0) is 4.79 Å². The monoisotopic (exact) mass is 537 g/mol. The molecule has 37 heavy (non-hydrogen) atoms. The number of likely N-dealkylation sites (tertiary alicyclic amines) is 1. The van der Waals surface area contributed by atoms with Crippen LogP contribution in [0.3, 0.4) is 0 Å². The highest BCUT2D eigenvalue weighted by molar-refractivity contribution is 7.18. The SMILES string of the molecule is CCNC(=O)N1C(C=Cc2ccccc2)C(C(=O)c2ccc(Cl)s2)C(c2cccc(OC)c2)C1C(N)=O. The van der Waals surface area contributed by atoms with Gasteiger partial charge in [-0.05, 0) is 42.3 Å². The Morgan fingerprint density at radius 3 is 2.49 bits per heavy atom. The molecular formula is C28H28ClN3O4S. The number of thiophene rings is 1. The van der Waals surface area contributed by atoms with Crippen molar-refractivity contribution in [3.05, 3.63) is 93.1 Å². The van der Waals surface area contributed by atoms with Gasteiger partial charge < -0.3 is 20.7 Å². The van der Waals surface area contributed by atoms with Gasteiger partial charge in [-0.2, -0.15) is 0 Å². The van der Waals surface area contributed by atoms with Crippen molar-refractivity contribution in [2.45, 2.75) is 24.9 Å². The van der Waals surface area contributed by atoms with Crippen molar-refractivity contribution in [1.82, 2.24) is 10.2 Å². The Bertz CT molecular complexity index is 1310. The van der Waals surface area contributed by atoms with E-state index in [0.29, 0.717) is 27.1 Å². The molecule has 3 amide bonds. The Kier molecular flexibility index (Phi) is 8.31. The van der Waals surface area contributed by atoms with E-state index < -0.39 is 35.9 Å². The second-order valence-corrected chi connectivity index (χ2v) is 10.4. The molecule has 2 heterocycles. The van der Waals surface area contributed by atoms with Gasteiger partial charge in [0.1, 0.15) is 11.8 Å². The number of carbonyl (C=O) groups is 3. The van der Waals surface area contributed by atoms with Crippen molar-refractivity contribution < 1.29 is 19.1 Å². The Labute approximate surface area is 224 Å². The van der Waals surface area contributed by atoms with Crippen LogP contribution in [-0.4, -0.2) is 48.4 Å². The molecule has 4 atom stereocenters. The molecule has 1 saturated heterocycles. The van der Waals surface area contributed by atoms with Crippen LogP contribution in [0.4, 0.5) is 4.79 Å². The summed E-state index contributed by atoms with van der Waals surface area (Å²) in [5, 5.41) is 2.79. The Morgan fingerprint density at radius 1 is 1.11 bits per heavy atom. The number of primary amides is 1. The van der Waals surface area contributed by atoms with E-state index in [1.807, 2.05) is 42.5 Å². The standard InChI is InChI=1S/C28H28ClN3O4S/c1-3-31-28(35)32-20(13-12-17-8-5-4-6-9-17)24(26(33)21-14-15-22(29)37-21)23(25(32)27(30)34)18-10-7-11-19(16-18)36-2/h4-16,20,23-25H,3H2,1-2H3,(H2,30,34)(H,31,35). The molecule has 0 saturated carbocycles. The molecule has 1 aliphatic rings. The summed E-state index contributed by atoms with van der Waals surface area (Å²) in [5.74, 6) is -1.86. The van der Waals surface area contributed by atoms with Gasteiger partial charge in [0.25, 0.3) is 0 Å². The van der Waals surface area contributed by atoms with E-state index in [9.17, 15) is 14.4 Å². The molecule has 4 unspecified atom stereocenters. The summed E-state index contributed by atoms with van der Waals surface area (Å²) in [6.07, 6.45) is 3.66. The molecule has 3 aromatic rings. The van der Waals surface area contributed by atoms with Crippen LogP contribution in [0.1, 0.15) is 33.6 Å². The molecule has 7 nitrogen and oxygen atoms in total. The first-order chi connectivity index (χ1) is 17.8. The van der Waals surface area contributed by atoms with E-state index in [1.54, 1.807) is 50.4 Å². The number of nitrogens with two attached hydrogens (primary N) is 1. The van der Waals surface area contributed by atoms with Crippen LogP contribution in [0.2, 0.25) is 4.34 Å². The van der Waals surface area contributed by atoms with Gasteiger partial charge in [0.05, 0.1) is 28.3 Å². The molecule has 3 N–H and O–H groups in total. The maximum Gasteiger partial charge on any atom is 0.318 e. The number of Topliss-reactive ketones (excluding diaryl/α,β-unsaturated/α-hetero) is 1. The smallest absolute Gasteiger partial charge is 0.318 e. The lowest BCUT2D eigenvalue weighted by atomic mass is 9.78. The summed E-state index contributed by atoms with van der Waals surface area (Å²) in [7, 11) is 1.54. The number of nitrogens with zero attached hydrogens (tertiary/aromatic N) is 1. The molecule has 0 bridgehead atoms. The number of hydrogen-bond donors (Lipinski definition) is 2. The van der Waals surface area contributed by atoms with Crippen LogP contribution in [0.5, 0.6) is 5.75 Å². The summed E-state index contributed by atoms with van der Waals surface area (Å²) in [6.45, 7) is 2.14. The van der Waals surface area contributed by atoms with E-state index in [2.05, 4.69) is 5.32 Å². The van der Waals surface area contributed by atoms with E-state index in [0.717, 1.165) is 5.56 Å². The van der Waals surface area contributed by atoms with Crippen LogP contribution in [0.15, 0.2) is 72.8 Å². The van der Waals surface area contributed by atoms with Crippen molar-refractivity contribution in [3.8, 4) is 5.75 Å². The van der Waals surface area contributed by atoms with Gasteiger partial charge in [0.15, 0.2) is 5.78 Å². The molecule has 9 heteroatoms. The van der Waals surface area contributed by atoms with Crippen LogP contribution in [0.25, 0.3) is 6.08 Å². The predicted octanol–water partition coefficient (Wildman–Crippen LogP) is 4.97. The molecular weight excluding hydrogens is 510 g/mol. The van der Waals surface area contributed by atoms with Gasteiger partial charge in [-0.3, -0.25) is 9.59 Å². The van der Waals surface area contributed by atoms with E-state index in [-0.39, 0.29) is 5.78 Å². The first kappa shape index (κ1) is 26.4. The van der Waals surface area contributed by atoms with Gasteiger partial charge in [-0.25, -0.2) is 4.79 Å². The topological polar surface area (TPSA) is 102 Å². The summed E-state index contributed by atoms with van der Waals surface area (Å²) >= 11 is 7.33. The maximum absolute atomic E-state index is 14.1. The number of benzene rings is 2. The molecule has 192 valence electrons. The number of rotatable bonds is 8. The average Bonchev–Trinajstić information content (AvgIpc) is 3.49. The normalized spacial score (nSPS) is 21.2. The number of nitrogens with one attached hydrogen (secondary N) is 1. The van der Waals surface area contributed by atoms with E-state index >= 15 is 0 Å². The molecule has 1 aliphatic heterocycles. The summed E-state index contributed by atoms with van der Waals surface area (Å²) in [4.78, 5) is 42.4. The highest BCUT2D eigenvalue weighted by Crippen LogP contribution is 2.46. The summed E-state index contributed by atoms with van der Waals surface area (Å²) in [6, 6.07) is 17.8. The Balaban J connectivity index is 1.92. The third-order valence-electron chi connectivity index (χ3n) is 6.45. The molecule has 4 rings (SSSR count). The number of hydrogen-bond acceptors (Lipinski definition) is 5. The highest BCUT2D eigenvalue weighted by Gasteiger charge is 2.56. The minimum Gasteiger partial charge on any atom is -0.497 e. The lowest BCUT2D eigenvalue weighted by Gasteiger charge is -2.28. The van der Waals surface area contributed by atoms with Gasteiger partial charge in [-0.15, -0.1) is 11.3 Å². The second kappa shape index (κ2) is 11.6. The Hall–Kier alpha value is -3.62. The Morgan fingerprint density at radius 2 is 1.86 bits per heavy atom. The number of halogens is 1. The van der Waals surface area contributed by atoms with Gasteiger partial charge in [0.2, 0.25) is 5.91 Å². The minimum atomic E-state index is -1.08. The first-order valence-electron chi connectivity index (χ1n) is 11.9. The molecule has 2 aromatic carbocycles. The summed E-state index contributed by atoms with van der Waals surface area (Å²) in [5.41, 5.74) is 7.52. The zero-order valence-electron chi connectivity index (χ0n) is 20.5. The minimum absolute atomic E-state index is 0.217. The fourth-order valence-corrected chi connectivity index (χ4v) is 5.94. The van der Waals surface area contributed by atoms with Crippen molar-refractivity contribution in [1.29, 1.82) is 0 Å². The second-order valence-electron chi connectivity index (χ2n) is 8.65. The lowest BCUT2D eigenvalue weighted by Crippen LogP contribution is -2.52. The van der Waals surface area contributed by atoms with Crippen molar-refractivity contribution in [3.63, 3.8) is 0 Å². The summed E-state index contributed by atoms with van der Waals surface area (Å²) < 4.78 is 5.89. The number of carbonyl (C=O) groups excluding carboxylic acids is 3. The van der Waals surface area contributed by atoms with Crippen LogP contribution < -0.4 is 15.8 Å². The number of ether oxygens (including phenoxy) is 1. The molecule has 0 aliphatic carbocycles.